The van der Waals surface area contributed by atoms with Gasteiger partial charge in [0.1, 0.15) is 5.15 Å². The number of amides is 2. The number of hydrogen-bond acceptors (Lipinski definition) is 4. The van der Waals surface area contributed by atoms with E-state index < -0.39 is 0 Å². The van der Waals surface area contributed by atoms with Crippen molar-refractivity contribution in [1.29, 1.82) is 0 Å². The van der Waals surface area contributed by atoms with E-state index in [0.29, 0.717) is 11.1 Å². The molecule has 5 heterocycles. The lowest BCUT2D eigenvalue weighted by molar-refractivity contribution is 0.121. The maximum atomic E-state index is 12.7. The molecule has 0 atom stereocenters. The Balaban J connectivity index is 1.19. The molecule has 0 bridgehead atoms. The van der Waals surface area contributed by atoms with Crippen LogP contribution in [0.1, 0.15) is 32.1 Å². The van der Waals surface area contributed by atoms with Crippen molar-refractivity contribution in [2.75, 3.05) is 26.2 Å². The number of carbonyl (C=O) groups is 1. The number of piperidine rings is 2. The SMILES string of the molecule is O=C(N1CCCCC1)N1CCC(Cn2cc(-c3cnc4ccc(Cl)nc4c3)cn2)CC1. The van der Waals surface area contributed by atoms with Crippen LogP contribution in [0.15, 0.2) is 36.8 Å². The number of fused-ring (bicyclic) bond motifs is 1. The molecule has 31 heavy (non-hydrogen) atoms. The van der Waals surface area contributed by atoms with Gasteiger partial charge in [0.2, 0.25) is 0 Å². The van der Waals surface area contributed by atoms with Gasteiger partial charge in [0.25, 0.3) is 0 Å². The van der Waals surface area contributed by atoms with E-state index >= 15 is 0 Å². The summed E-state index contributed by atoms with van der Waals surface area (Å²) in [5.74, 6) is 0.536. The zero-order chi connectivity index (χ0) is 21.2. The van der Waals surface area contributed by atoms with Crippen molar-refractivity contribution in [3.8, 4) is 11.1 Å². The third kappa shape index (κ3) is 4.51. The Morgan fingerprint density at radius 3 is 2.55 bits per heavy atom. The van der Waals surface area contributed by atoms with Crippen molar-refractivity contribution in [3.05, 3.63) is 41.9 Å². The summed E-state index contributed by atoms with van der Waals surface area (Å²) in [6.45, 7) is 4.39. The van der Waals surface area contributed by atoms with Crippen LogP contribution in [0.25, 0.3) is 22.2 Å². The molecule has 0 saturated carbocycles. The second-order valence-corrected chi connectivity index (χ2v) is 9.00. The van der Waals surface area contributed by atoms with E-state index in [-0.39, 0.29) is 6.03 Å². The van der Waals surface area contributed by atoms with Crippen LogP contribution in [-0.2, 0) is 6.54 Å². The monoisotopic (exact) mass is 438 g/mol. The van der Waals surface area contributed by atoms with Gasteiger partial charge in [0.15, 0.2) is 0 Å². The molecule has 2 aliphatic heterocycles. The second kappa shape index (κ2) is 8.83. The van der Waals surface area contributed by atoms with Crippen molar-refractivity contribution in [2.45, 2.75) is 38.6 Å². The Kier molecular flexibility index (Phi) is 5.76. The van der Waals surface area contributed by atoms with Gasteiger partial charge in [-0.25, -0.2) is 9.78 Å². The Morgan fingerprint density at radius 2 is 1.74 bits per heavy atom. The van der Waals surface area contributed by atoms with E-state index in [1.807, 2.05) is 39.0 Å². The van der Waals surface area contributed by atoms with Crippen molar-refractivity contribution >= 4 is 28.7 Å². The maximum Gasteiger partial charge on any atom is 0.319 e. The van der Waals surface area contributed by atoms with Crippen molar-refractivity contribution in [1.82, 2.24) is 29.5 Å². The number of aromatic nitrogens is 4. The number of urea groups is 1. The minimum absolute atomic E-state index is 0.233. The van der Waals surface area contributed by atoms with Crippen molar-refractivity contribution in [3.63, 3.8) is 0 Å². The minimum Gasteiger partial charge on any atom is -0.325 e. The lowest BCUT2D eigenvalue weighted by Crippen LogP contribution is -2.48. The maximum absolute atomic E-state index is 12.7. The van der Waals surface area contributed by atoms with E-state index in [4.69, 9.17) is 11.6 Å². The summed E-state index contributed by atoms with van der Waals surface area (Å²) >= 11 is 6.02. The van der Waals surface area contributed by atoms with Gasteiger partial charge in [-0.05, 0) is 56.2 Å². The van der Waals surface area contributed by atoms with Gasteiger partial charge < -0.3 is 9.80 Å². The minimum atomic E-state index is 0.233. The first-order valence-corrected chi connectivity index (χ1v) is 11.5. The second-order valence-electron chi connectivity index (χ2n) is 8.61. The highest BCUT2D eigenvalue weighted by Crippen LogP contribution is 2.25. The Hall–Kier alpha value is -2.67. The first-order chi connectivity index (χ1) is 15.2. The zero-order valence-electron chi connectivity index (χ0n) is 17.6. The van der Waals surface area contributed by atoms with E-state index in [0.717, 1.165) is 80.6 Å². The van der Waals surface area contributed by atoms with E-state index in [1.165, 1.54) is 6.42 Å². The molecule has 2 fully saturated rings. The van der Waals surface area contributed by atoms with Gasteiger partial charge in [-0.1, -0.05) is 11.6 Å². The quantitative estimate of drug-likeness (QED) is 0.566. The highest BCUT2D eigenvalue weighted by atomic mass is 35.5. The fourth-order valence-corrected chi connectivity index (χ4v) is 4.76. The summed E-state index contributed by atoms with van der Waals surface area (Å²) in [6, 6.07) is 5.86. The van der Waals surface area contributed by atoms with Crippen LogP contribution in [0.2, 0.25) is 5.15 Å². The molecule has 0 aromatic carbocycles. The Bertz CT molecular complexity index is 1070. The number of likely N-dealkylation sites (tertiary alicyclic amines) is 2. The lowest BCUT2D eigenvalue weighted by atomic mass is 9.97. The molecule has 2 amide bonds. The third-order valence-electron chi connectivity index (χ3n) is 6.43. The fourth-order valence-electron chi connectivity index (χ4n) is 4.61. The molecule has 0 spiro atoms. The number of carbonyl (C=O) groups excluding carboxylic acids is 1. The summed E-state index contributed by atoms with van der Waals surface area (Å²) in [5.41, 5.74) is 3.61. The standard InChI is InChI=1S/C23H27ClN6O/c24-22-5-4-20-21(27-22)12-18(13-25-20)19-14-26-30(16-19)15-17-6-10-29(11-7-17)23(31)28-8-2-1-3-9-28/h4-5,12-14,16-17H,1-3,6-11,15H2. The van der Waals surface area contributed by atoms with Gasteiger partial charge in [-0.15, -0.1) is 0 Å². The summed E-state index contributed by atoms with van der Waals surface area (Å²) < 4.78 is 2.01. The number of rotatable bonds is 3. The van der Waals surface area contributed by atoms with E-state index in [9.17, 15) is 4.79 Å². The summed E-state index contributed by atoms with van der Waals surface area (Å²) in [7, 11) is 0. The van der Waals surface area contributed by atoms with Gasteiger partial charge in [0.05, 0.1) is 17.2 Å². The van der Waals surface area contributed by atoms with Crippen molar-refractivity contribution < 1.29 is 4.79 Å². The van der Waals surface area contributed by atoms with E-state index in [2.05, 4.69) is 21.3 Å². The Labute approximate surface area is 187 Å². The molecule has 0 unspecified atom stereocenters. The fraction of sp³-hybridized carbons (Fsp3) is 0.478. The van der Waals surface area contributed by atoms with Crippen LogP contribution in [0.5, 0.6) is 0 Å². The van der Waals surface area contributed by atoms with Crippen molar-refractivity contribution in [2.24, 2.45) is 5.92 Å². The van der Waals surface area contributed by atoms with Crippen LogP contribution in [0.3, 0.4) is 0 Å². The summed E-state index contributed by atoms with van der Waals surface area (Å²) in [5, 5.41) is 5.03. The average molecular weight is 439 g/mol. The molecule has 0 radical (unpaired) electrons. The molecule has 5 rings (SSSR count). The number of hydrogen-bond donors (Lipinski definition) is 0. The molecule has 2 aliphatic rings. The molecule has 0 aliphatic carbocycles. The summed E-state index contributed by atoms with van der Waals surface area (Å²) in [4.78, 5) is 25.6. The van der Waals surface area contributed by atoms with E-state index in [1.54, 1.807) is 6.07 Å². The molecule has 162 valence electrons. The predicted molar refractivity (Wildman–Crippen MR) is 121 cm³/mol. The van der Waals surface area contributed by atoms with Crippen LogP contribution in [0, 0.1) is 5.92 Å². The van der Waals surface area contributed by atoms with Gasteiger partial charge in [-0.3, -0.25) is 9.67 Å². The smallest absolute Gasteiger partial charge is 0.319 e. The first kappa shape index (κ1) is 20.2. The Morgan fingerprint density at radius 1 is 0.968 bits per heavy atom. The lowest BCUT2D eigenvalue weighted by Gasteiger charge is -2.37. The largest absolute Gasteiger partial charge is 0.325 e. The third-order valence-corrected chi connectivity index (χ3v) is 6.64. The van der Waals surface area contributed by atoms with Gasteiger partial charge in [0, 0.05) is 56.2 Å². The summed E-state index contributed by atoms with van der Waals surface area (Å²) in [6.07, 6.45) is 11.4. The number of nitrogens with zero attached hydrogens (tertiary/aromatic N) is 6. The predicted octanol–water partition coefficient (Wildman–Crippen LogP) is 4.46. The van der Waals surface area contributed by atoms with Gasteiger partial charge in [-0.2, -0.15) is 5.10 Å². The average Bonchev–Trinajstić information content (AvgIpc) is 3.27. The number of pyridine rings is 2. The molecule has 8 heteroatoms. The molecule has 3 aromatic rings. The number of halogens is 1. The molecule has 2 saturated heterocycles. The van der Waals surface area contributed by atoms with Crippen LogP contribution >= 0.6 is 11.6 Å². The van der Waals surface area contributed by atoms with Crippen LogP contribution < -0.4 is 0 Å². The van der Waals surface area contributed by atoms with Crippen LogP contribution in [-0.4, -0.2) is 61.8 Å². The molecule has 0 N–H and O–H groups in total. The highest BCUT2D eigenvalue weighted by molar-refractivity contribution is 6.29. The molecule has 7 nitrogen and oxygen atoms in total. The molecular formula is C23H27ClN6O. The highest BCUT2D eigenvalue weighted by Gasteiger charge is 2.27. The molecular weight excluding hydrogens is 412 g/mol. The zero-order valence-corrected chi connectivity index (χ0v) is 18.3. The normalized spacial score (nSPS) is 18.0. The molecule has 3 aromatic heterocycles. The van der Waals surface area contributed by atoms with Gasteiger partial charge >= 0.3 is 6.03 Å². The van der Waals surface area contributed by atoms with Crippen LogP contribution in [0.4, 0.5) is 4.79 Å². The topological polar surface area (TPSA) is 67.2 Å². The first-order valence-electron chi connectivity index (χ1n) is 11.1.